The predicted molar refractivity (Wildman–Crippen MR) is 54.3 cm³/mol. The van der Waals surface area contributed by atoms with Gasteiger partial charge in [0.25, 0.3) is 0 Å². The first-order chi connectivity index (χ1) is 6.22. The van der Waals surface area contributed by atoms with Crippen LogP contribution < -0.4 is 5.32 Å². The van der Waals surface area contributed by atoms with Gasteiger partial charge in [0, 0.05) is 18.5 Å². The molecule has 0 aromatic carbocycles. The molecule has 0 bridgehead atoms. The van der Waals surface area contributed by atoms with E-state index >= 15 is 0 Å². The van der Waals surface area contributed by atoms with Gasteiger partial charge in [-0.2, -0.15) is 0 Å². The van der Waals surface area contributed by atoms with Crippen molar-refractivity contribution in [2.24, 2.45) is 5.92 Å². The molecular weight excluding hydrogens is 162 g/mol. The normalized spacial score (nSPS) is 29.9. The van der Waals surface area contributed by atoms with E-state index in [0.29, 0.717) is 12.0 Å². The molecule has 2 N–H and O–H groups in total. The summed E-state index contributed by atoms with van der Waals surface area (Å²) in [5, 5.41) is 12.6. The van der Waals surface area contributed by atoms with Gasteiger partial charge in [-0.25, -0.2) is 0 Å². The summed E-state index contributed by atoms with van der Waals surface area (Å²) in [7, 11) is 0. The molecule has 1 aliphatic rings. The third-order valence-corrected chi connectivity index (χ3v) is 2.67. The van der Waals surface area contributed by atoms with Gasteiger partial charge < -0.3 is 10.4 Å². The standard InChI is InChI=1S/C11H19NO/c1-3-9(2)5-4-6-10-7-11(13)8-12-10/h1,9-13H,4-8H2,2H3. The van der Waals surface area contributed by atoms with Gasteiger partial charge in [0.05, 0.1) is 6.10 Å². The molecule has 0 amide bonds. The van der Waals surface area contributed by atoms with E-state index in [9.17, 15) is 5.11 Å². The molecule has 74 valence electrons. The number of β-amino-alcohol motifs (C(OH)–C–C–N with tert-alkyl or cyclic N) is 1. The predicted octanol–water partition coefficient (Wildman–Crippen LogP) is 1.15. The second kappa shape index (κ2) is 5.26. The summed E-state index contributed by atoms with van der Waals surface area (Å²) in [4.78, 5) is 0. The van der Waals surface area contributed by atoms with E-state index in [2.05, 4.69) is 18.2 Å². The summed E-state index contributed by atoms with van der Waals surface area (Å²) in [5.41, 5.74) is 0. The minimum Gasteiger partial charge on any atom is -0.392 e. The fourth-order valence-corrected chi connectivity index (χ4v) is 1.77. The lowest BCUT2D eigenvalue weighted by Gasteiger charge is -2.10. The number of nitrogens with one attached hydrogen (secondary N) is 1. The number of hydrogen-bond donors (Lipinski definition) is 2. The lowest BCUT2D eigenvalue weighted by Crippen LogP contribution is -2.21. The average molecular weight is 181 g/mol. The Balaban J connectivity index is 2.04. The zero-order valence-electron chi connectivity index (χ0n) is 8.29. The molecule has 2 nitrogen and oxygen atoms in total. The zero-order chi connectivity index (χ0) is 9.68. The highest BCUT2D eigenvalue weighted by Gasteiger charge is 2.21. The molecule has 2 heteroatoms. The SMILES string of the molecule is C#CC(C)CCCC1CC(O)CN1. The van der Waals surface area contributed by atoms with Crippen molar-refractivity contribution in [3.8, 4) is 12.3 Å². The van der Waals surface area contributed by atoms with E-state index in [1.165, 1.54) is 0 Å². The minimum absolute atomic E-state index is 0.130. The third kappa shape index (κ3) is 3.80. The second-order valence-electron chi connectivity index (χ2n) is 3.99. The van der Waals surface area contributed by atoms with Crippen LogP contribution >= 0.6 is 0 Å². The highest BCUT2D eigenvalue weighted by Crippen LogP contribution is 2.14. The molecule has 3 unspecified atom stereocenters. The van der Waals surface area contributed by atoms with Crippen LogP contribution in [0.3, 0.4) is 0 Å². The molecule has 0 aromatic rings. The van der Waals surface area contributed by atoms with Gasteiger partial charge in [0.2, 0.25) is 0 Å². The summed E-state index contributed by atoms with van der Waals surface area (Å²) >= 11 is 0. The molecule has 0 aromatic heterocycles. The first-order valence-electron chi connectivity index (χ1n) is 5.10. The molecule has 1 aliphatic heterocycles. The number of aliphatic hydroxyl groups is 1. The van der Waals surface area contributed by atoms with Gasteiger partial charge in [-0.1, -0.05) is 13.3 Å². The van der Waals surface area contributed by atoms with Crippen LogP contribution in [0.5, 0.6) is 0 Å². The first kappa shape index (κ1) is 10.6. The molecule has 1 saturated heterocycles. The fourth-order valence-electron chi connectivity index (χ4n) is 1.77. The van der Waals surface area contributed by atoms with Crippen LogP contribution in [0.2, 0.25) is 0 Å². The van der Waals surface area contributed by atoms with Crippen LogP contribution in [0.4, 0.5) is 0 Å². The van der Waals surface area contributed by atoms with Gasteiger partial charge in [-0.3, -0.25) is 0 Å². The molecule has 0 radical (unpaired) electrons. The molecule has 1 fully saturated rings. The Hall–Kier alpha value is -0.520. The molecular formula is C11H19NO. The first-order valence-corrected chi connectivity index (χ1v) is 5.10. The highest BCUT2D eigenvalue weighted by atomic mass is 16.3. The maximum atomic E-state index is 9.26. The Kier molecular flexibility index (Phi) is 4.27. The summed E-state index contributed by atoms with van der Waals surface area (Å²) in [5.74, 6) is 3.12. The van der Waals surface area contributed by atoms with Crippen molar-refractivity contribution in [3.63, 3.8) is 0 Å². The maximum Gasteiger partial charge on any atom is 0.0679 e. The summed E-state index contributed by atoms with van der Waals surface area (Å²) < 4.78 is 0. The van der Waals surface area contributed by atoms with Gasteiger partial charge in [-0.05, 0) is 19.3 Å². The van der Waals surface area contributed by atoms with Gasteiger partial charge >= 0.3 is 0 Å². The number of terminal acetylenes is 1. The average Bonchev–Trinajstić information content (AvgIpc) is 2.51. The molecule has 3 atom stereocenters. The Morgan fingerprint density at radius 2 is 2.46 bits per heavy atom. The van der Waals surface area contributed by atoms with E-state index < -0.39 is 0 Å². The molecule has 1 rings (SSSR count). The molecule has 1 heterocycles. The van der Waals surface area contributed by atoms with Crippen molar-refractivity contribution in [2.75, 3.05) is 6.54 Å². The highest BCUT2D eigenvalue weighted by molar-refractivity contribution is 4.90. The fraction of sp³-hybridized carbons (Fsp3) is 0.818. The minimum atomic E-state index is -0.130. The van der Waals surface area contributed by atoms with Crippen LogP contribution in [0, 0.1) is 18.3 Å². The van der Waals surface area contributed by atoms with Crippen LogP contribution in [0.25, 0.3) is 0 Å². The maximum absolute atomic E-state index is 9.26. The van der Waals surface area contributed by atoms with E-state index in [1.807, 2.05) is 0 Å². The number of hydrogen-bond acceptors (Lipinski definition) is 2. The van der Waals surface area contributed by atoms with Gasteiger partial charge in [0.1, 0.15) is 0 Å². The summed E-state index contributed by atoms with van der Waals surface area (Å²) in [6.07, 6.45) is 9.47. The lowest BCUT2D eigenvalue weighted by molar-refractivity contribution is 0.192. The topological polar surface area (TPSA) is 32.3 Å². The van der Waals surface area contributed by atoms with Crippen molar-refractivity contribution < 1.29 is 5.11 Å². The van der Waals surface area contributed by atoms with E-state index in [-0.39, 0.29) is 6.10 Å². The van der Waals surface area contributed by atoms with Gasteiger partial charge in [0.15, 0.2) is 0 Å². The smallest absolute Gasteiger partial charge is 0.0679 e. The monoisotopic (exact) mass is 181 g/mol. The van der Waals surface area contributed by atoms with Crippen molar-refractivity contribution in [1.29, 1.82) is 0 Å². The van der Waals surface area contributed by atoms with Crippen LogP contribution in [0.15, 0.2) is 0 Å². The van der Waals surface area contributed by atoms with Crippen LogP contribution in [0.1, 0.15) is 32.6 Å². The third-order valence-electron chi connectivity index (χ3n) is 2.67. The number of aliphatic hydroxyl groups excluding tert-OH is 1. The Morgan fingerprint density at radius 1 is 1.69 bits per heavy atom. The number of rotatable bonds is 4. The van der Waals surface area contributed by atoms with Crippen molar-refractivity contribution >= 4 is 0 Å². The second-order valence-corrected chi connectivity index (χ2v) is 3.99. The van der Waals surface area contributed by atoms with Gasteiger partial charge in [-0.15, -0.1) is 12.3 Å². The Bertz CT molecular complexity index is 185. The summed E-state index contributed by atoms with van der Waals surface area (Å²) in [6, 6.07) is 0.514. The Morgan fingerprint density at radius 3 is 3.00 bits per heavy atom. The summed E-state index contributed by atoms with van der Waals surface area (Å²) in [6.45, 7) is 2.84. The quantitative estimate of drug-likeness (QED) is 0.638. The molecule has 0 spiro atoms. The molecule has 0 saturated carbocycles. The van der Waals surface area contributed by atoms with Crippen molar-refractivity contribution in [3.05, 3.63) is 0 Å². The van der Waals surface area contributed by atoms with E-state index in [4.69, 9.17) is 6.42 Å². The molecule has 0 aliphatic carbocycles. The van der Waals surface area contributed by atoms with Crippen LogP contribution in [-0.2, 0) is 0 Å². The largest absolute Gasteiger partial charge is 0.392 e. The van der Waals surface area contributed by atoms with Crippen LogP contribution in [-0.4, -0.2) is 23.8 Å². The Labute approximate surface area is 80.7 Å². The van der Waals surface area contributed by atoms with E-state index in [1.54, 1.807) is 0 Å². The zero-order valence-corrected chi connectivity index (χ0v) is 8.29. The van der Waals surface area contributed by atoms with E-state index in [0.717, 1.165) is 32.2 Å². The lowest BCUT2D eigenvalue weighted by atomic mass is 10.0. The molecule has 13 heavy (non-hydrogen) atoms. The van der Waals surface area contributed by atoms with Crippen molar-refractivity contribution in [1.82, 2.24) is 5.32 Å². The van der Waals surface area contributed by atoms with Crippen molar-refractivity contribution in [2.45, 2.75) is 44.8 Å².